The molecule has 23 heavy (non-hydrogen) atoms. The van der Waals surface area contributed by atoms with Gasteiger partial charge in [-0.2, -0.15) is 0 Å². The zero-order valence-corrected chi connectivity index (χ0v) is 15.0. The maximum atomic E-state index is 6.35. The van der Waals surface area contributed by atoms with Crippen molar-refractivity contribution in [2.75, 3.05) is 6.26 Å². The Labute approximate surface area is 148 Å². The van der Waals surface area contributed by atoms with E-state index in [0.29, 0.717) is 17.5 Å². The van der Waals surface area contributed by atoms with E-state index in [9.17, 15) is 0 Å². The second-order valence-electron chi connectivity index (χ2n) is 4.84. The highest BCUT2D eigenvalue weighted by Gasteiger charge is 2.09. The summed E-state index contributed by atoms with van der Waals surface area (Å²) in [6.45, 7) is 4.43. The molecular formula is C16H15ClN4S2. The van der Waals surface area contributed by atoms with Crippen molar-refractivity contribution in [3.63, 3.8) is 0 Å². The molecule has 2 aromatic heterocycles. The first-order chi connectivity index (χ1) is 11.2. The topological polar surface area (TPSA) is 43.6 Å². The molecule has 4 nitrogen and oxygen atoms in total. The minimum atomic E-state index is 0.540. The fraction of sp³-hybridized carbons (Fsp3) is 0.188. The van der Waals surface area contributed by atoms with Crippen molar-refractivity contribution in [1.82, 2.24) is 19.7 Å². The highest BCUT2D eigenvalue weighted by atomic mass is 35.5. The van der Waals surface area contributed by atoms with Crippen LogP contribution in [0.5, 0.6) is 0 Å². The van der Waals surface area contributed by atoms with Gasteiger partial charge in [0.1, 0.15) is 11.5 Å². The van der Waals surface area contributed by atoms with Crippen molar-refractivity contribution in [3.8, 4) is 0 Å². The van der Waals surface area contributed by atoms with Crippen LogP contribution in [0, 0.1) is 0 Å². The molecule has 0 aliphatic rings. The zero-order valence-electron chi connectivity index (χ0n) is 12.6. The quantitative estimate of drug-likeness (QED) is 0.362. The second-order valence-corrected chi connectivity index (χ2v) is 7.02. The van der Waals surface area contributed by atoms with Crippen LogP contribution in [0.25, 0.3) is 10.9 Å². The van der Waals surface area contributed by atoms with E-state index in [1.807, 2.05) is 16.9 Å². The van der Waals surface area contributed by atoms with Crippen LogP contribution in [-0.2, 0) is 12.3 Å². The lowest BCUT2D eigenvalue weighted by Crippen LogP contribution is -1.96. The molecule has 0 N–H and O–H groups in total. The zero-order chi connectivity index (χ0) is 16.2. The van der Waals surface area contributed by atoms with E-state index in [1.54, 1.807) is 29.9 Å². The molecule has 0 radical (unpaired) electrons. The lowest BCUT2D eigenvalue weighted by Gasteiger charge is -2.07. The van der Waals surface area contributed by atoms with Crippen molar-refractivity contribution < 1.29 is 0 Å². The third-order valence-corrected chi connectivity index (χ3v) is 5.40. The Bertz CT molecular complexity index is 847. The van der Waals surface area contributed by atoms with Crippen LogP contribution in [0.4, 0.5) is 0 Å². The summed E-state index contributed by atoms with van der Waals surface area (Å²) in [6, 6.07) is 8.33. The van der Waals surface area contributed by atoms with Gasteiger partial charge in [0.15, 0.2) is 5.16 Å². The molecule has 3 aromatic rings. The molecule has 0 fully saturated rings. The normalized spacial score (nSPS) is 11.0. The Kier molecular flexibility index (Phi) is 5.25. The maximum Gasteiger partial charge on any atom is 0.191 e. The standard InChI is InChI=1S/C16H15ClN4S2/c1-3-6-21-10-18-20-16(21)23-9-12-7-11-4-5-13(22-2)8-14(11)19-15(12)17/h3-5,7-8,10H,1,6,9H2,2H3. The lowest BCUT2D eigenvalue weighted by molar-refractivity contribution is 0.725. The van der Waals surface area contributed by atoms with Gasteiger partial charge in [-0.15, -0.1) is 28.5 Å². The fourth-order valence-corrected chi connectivity index (χ4v) is 3.78. The van der Waals surface area contributed by atoms with Gasteiger partial charge in [0.25, 0.3) is 0 Å². The molecule has 0 atom stereocenters. The molecule has 0 aliphatic heterocycles. The van der Waals surface area contributed by atoms with Crippen molar-refractivity contribution in [1.29, 1.82) is 0 Å². The lowest BCUT2D eigenvalue weighted by atomic mass is 10.2. The molecule has 0 bridgehead atoms. The predicted octanol–water partition coefficient (Wildman–Crippen LogP) is 4.68. The van der Waals surface area contributed by atoms with E-state index in [2.05, 4.69) is 46.0 Å². The van der Waals surface area contributed by atoms with Crippen LogP contribution < -0.4 is 0 Å². The van der Waals surface area contributed by atoms with Crippen LogP contribution in [0.3, 0.4) is 0 Å². The fourth-order valence-electron chi connectivity index (χ4n) is 2.16. The average molecular weight is 363 g/mol. The largest absolute Gasteiger partial charge is 0.305 e. The summed E-state index contributed by atoms with van der Waals surface area (Å²) in [7, 11) is 0. The van der Waals surface area contributed by atoms with Gasteiger partial charge in [-0.25, -0.2) is 4.98 Å². The summed E-state index contributed by atoms with van der Waals surface area (Å²) >= 11 is 9.63. The number of thioether (sulfide) groups is 2. The summed E-state index contributed by atoms with van der Waals surface area (Å²) in [6.07, 6.45) is 5.57. The third-order valence-electron chi connectivity index (χ3n) is 3.31. The average Bonchev–Trinajstić information content (AvgIpc) is 3.00. The van der Waals surface area contributed by atoms with Gasteiger partial charge in [0.2, 0.25) is 0 Å². The molecule has 0 saturated heterocycles. The predicted molar refractivity (Wildman–Crippen MR) is 98.3 cm³/mol. The first-order valence-corrected chi connectivity index (χ1v) is 9.54. The molecule has 0 unspecified atom stereocenters. The minimum absolute atomic E-state index is 0.540. The number of hydrogen-bond donors (Lipinski definition) is 0. The van der Waals surface area contributed by atoms with Crippen molar-refractivity contribution in [3.05, 3.63) is 54.0 Å². The second kappa shape index (κ2) is 7.38. The molecule has 1 aromatic carbocycles. The van der Waals surface area contributed by atoms with Gasteiger partial charge < -0.3 is 4.57 Å². The smallest absolute Gasteiger partial charge is 0.191 e. The molecular weight excluding hydrogens is 348 g/mol. The number of aromatic nitrogens is 4. The molecule has 118 valence electrons. The summed E-state index contributed by atoms with van der Waals surface area (Å²) in [4.78, 5) is 5.70. The monoisotopic (exact) mass is 362 g/mol. The van der Waals surface area contributed by atoms with E-state index in [-0.39, 0.29) is 0 Å². The van der Waals surface area contributed by atoms with Gasteiger partial charge >= 0.3 is 0 Å². The van der Waals surface area contributed by atoms with E-state index < -0.39 is 0 Å². The maximum absolute atomic E-state index is 6.35. The Morgan fingerprint density at radius 2 is 2.22 bits per heavy atom. The van der Waals surface area contributed by atoms with Crippen LogP contribution in [0.2, 0.25) is 5.15 Å². The van der Waals surface area contributed by atoms with Crippen molar-refractivity contribution >= 4 is 46.0 Å². The van der Waals surface area contributed by atoms with Gasteiger partial charge in [-0.3, -0.25) is 0 Å². The molecule has 0 spiro atoms. The number of halogens is 1. The number of rotatable bonds is 6. The Morgan fingerprint density at radius 1 is 1.35 bits per heavy atom. The number of hydrogen-bond acceptors (Lipinski definition) is 5. The molecule has 0 aliphatic carbocycles. The van der Waals surface area contributed by atoms with Crippen molar-refractivity contribution in [2.45, 2.75) is 22.3 Å². The Hall–Kier alpha value is -1.50. The Balaban J connectivity index is 1.83. The summed E-state index contributed by atoms with van der Waals surface area (Å²) < 4.78 is 1.95. The summed E-state index contributed by atoms with van der Waals surface area (Å²) in [5.74, 6) is 0.696. The number of allylic oxidation sites excluding steroid dienone is 1. The number of pyridine rings is 1. The van der Waals surface area contributed by atoms with E-state index in [1.165, 1.54) is 4.90 Å². The molecule has 7 heteroatoms. The SMILES string of the molecule is C=CCn1cnnc1SCc1cc2ccc(SC)cc2nc1Cl. The van der Waals surface area contributed by atoms with E-state index in [4.69, 9.17) is 11.6 Å². The number of benzene rings is 1. The van der Waals surface area contributed by atoms with Gasteiger partial charge in [-0.05, 0) is 24.5 Å². The van der Waals surface area contributed by atoms with Crippen LogP contribution in [-0.4, -0.2) is 26.0 Å². The molecule has 0 amide bonds. The first-order valence-electron chi connectivity index (χ1n) is 6.96. The van der Waals surface area contributed by atoms with Crippen LogP contribution in [0.1, 0.15) is 5.56 Å². The summed E-state index contributed by atoms with van der Waals surface area (Å²) in [5, 5.41) is 10.5. The molecule has 3 rings (SSSR count). The molecule has 2 heterocycles. The van der Waals surface area contributed by atoms with E-state index >= 15 is 0 Å². The number of fused-ring (bicyclic) bond motifs is 1. The van der Waals surface area contributed by atoms with E-state index in [0.717, 1.165) is 21.6 Å². The first kappa shape index (κ1) is 16.4. The van der Waals surface area contributed by atoms with Gasteiger partial charge in [-0.1, -0.05) is 35.5 Å². The van der Waals surface area contributed by atoms with Crippen LogP contribution in [0.15, 0.2) is 53.3 Å². The minimum Gasteiger partial charge on any atom is -0.305 e. The van der Waals surface area contributed by atoms with Gasteiger partial charge in [0.05, 0.1) is 5.52 Å². The highest BCUT2D eigenvalue weighted by Crippen LogP contribution is 2.29. The highest BCUT2D eigenvalue weighted by molar-refractivity contribution is 7.98. The Morgan fingerprint density at radius 3 is 3.00 bits per heavy atom. The summed E-state index contributed by atoms with van der Waals surface area (Å²) in [5.41, 5.74) is 1.92. The third kappa shape index (κ3) is 3.71. The van der Waals surface area contributed by atoms with Crippen molar-refractivity contribution in [2.24, 2.45) is 0 Å². The van der Waals surface area contributed by atoms with Gasteiger partial charge in [0, 0.05) is 28.1 Å². The molecule has 0 saturated carbocycles. The van der Waals surface area contributed by atoms with Crippen LogP contribution >= 0.6 is 35.1 Å². The number of nitrogens with zero attached hydrogens (tertiary/aromatic N) is 4.